The van der Waals surface area contributed by atoms with Crippen LogP contribution in [-0.2, 0) is 10.8 Å². The molecular weight excluding hydrogens is 226 g/mol. The summed E-state index contributed by atoms with van der Waals surface area (Å²) in [7, 11) is -0.828. The number of nitrogens with one attached hydrogen (secondary N) is 1. The van der Waals surface area contributed by atoms with Gasteiger partial charge in [-0.25, -0.2) is 4.79 Å². The van der Waals surface area contributed by atoms with Crippen molar-refractivity contribution in [2.24, 2.45) is 0 Å². The summed E-state index contributed by atoms with van der Waals surface area (Å²) in [5.74, 6) is 0.201. The van der Waals surface area contributed by atoms with Gasteiger partial charge in [0.25, 0.3) is 0 Å². The average molecular weight is 241 g/mol. The smallest absolute Gasteiger partial charge is 0.337 e. The second kappa shape index (κ2) is 6.27. The van der Waals surface area contributed by atoms with E-state index in [0.717, 1.165) is 0 Å². The van der Waals surface area contributed by atoms with Gasteiger partial charge in [-0.15, -0.1) is 0 Å². The summed E-state index contributed by atoms with van der Waals surface area (Å²) in [4.78, 5) is 10.9. The third-order valence-corrected chi connectivity index (χ3v) is 3.43. The van der Waals surface area contributed by atoms with Crippen LogP contribution >= 0.6 is 0 Å². The lowest BCUT2D eigenvalue weighted by atomic mass is 10.2. The summed E-state index contributed by atoms with van der Waals surface area (Å²) in [6.07, 6.45) is 0. The lowest BCUT2D eigenvalue weighted by Gasteiger charge is -2.08. The first-order valence-corrected chi connectivity index (χ1v) is 6.55. The molecule has 2 N–H and O–H groups in total. The van der Waals surface area contributed by atoms with Crippen molar-refractivity contribution in [1.29, 1.82) is 0 Å². The van der Waals surface area contributed by atoms with E-state index in [1.807, 2.05) is 6.92 Å². The average Bonchev–Trinajstić information content (AvgIpc) is 2.29. The fourth-order valence-corrected chi connectivity index (χ4v) is 1.89. The maximum Gasteiger partial charge on any atom is 0.337 e. The molecule has 0 aliphatic rings. The number of hydrogen-bond acceptors (Lipinski definition) is 3. The Morgan fingerprint density at radius 2 is 2.12 bits per heavy atom. The van der Waals surface area contributed by atoms with Gasteiger partial charge in [0.15, 0.2) is 0 Å². The molecule has 0 amide bonds. The van der Waals surface area contributed by atoms with Crippen LogP contribution in [0.3, 0.4) is 0 Å². The zero-order chi connectivity index (χ0) is 12.0. The molecule has 0 bridgehead atoms. The van der Waals surface area contributed by atoms with Crippen molar-refractivity contribution in [2.45, 2.75) is 6.92 Å². The Morgan fingerprint density at radius 1 is 1.44 bits per heavy atom. The molecular formula is C11H15NO3S. The summed E-state index contributed by atoms with van der Waals surface area (Å²) in [5.41, 5.74) is 0.813. The second-order valence-electron chi connectivity index (χ2n) is 3.21. The minimum atomic E-state index is -0.959. The Labute approximate surface area is 97.1 Å². The van der Waals surface area contributed by atoms with Crippen molar-refractivity contribution in [3.05, 3.63) is 29.8 Å². The quantitative estimate of drug-likeness (QED) is 0.793. The molecule has 0 heterocycles. The highest BCUT2D eigenvalue weighted by Crippen LogP contribution is 2.14. The molecule has 0 aliphatic carbocycles. The maximum atomic E-state index is 11.2. The number of carboxylic acids is 1. The molecule has 0 fully saturated rings. The number of carbonyl (C=O) groups is 1. The maximum absolute atomic E-state index is 11.2. The zero-order valence-electron chi connectivity index (χ0n) is 9.10. The van der Waals surface area contributed by atoms with Crippen LogP contribution in [0.25, 0.3) is 0 Å². The molecule has 88 valence electrons. The minimum Gasteiger partial charge on any atom is -0.478 e. The van der Waals surface area contributed by atoms with Crippen LogP contribution < -0.4 is 5.32 Å². The summed E-state index contributed by atoms with van der Waals surface area (Å²) >= 11 is 0. The molecule has 0 aromatic heterocycles. The van der Waals surface area contributed by atoms with Gasteiger partial charge < -0.3 is 10.4 Å². The van der Waals surface area contributed by atoms with Crippen LogP contribution in [0.4, 0.5) is 5.69 Å². The van der Waals surface area contributed by atoms with Gasteiger partial charge in [0.05, 0.1) is 5.56 Å². The Balaban J connectivity index is 2.60. The van der Waals surface area contributed by atoms with E-state index in [-0.39, 0.29) is 5.56 Å². The molecule has 5 heteroatoms. The summed E-state index contributed by atoms with van der Waals surface area (Å²) in [6.45, 7) is 2.38. The molecule has 0 saturated carbocycles. The van der Waals surface area contributed by atoms with Crippen LogP contribution in [-0.4, -0.2) is 33.3 Å². The van der Waals surface area contributed by atoms with E-state index in [1.54, 1.807) is 24.3 Å². The summed E-state index contributed by atoms with van der Waals surface area (Å²) in [6, 6.07) is 6.70. The molecule has 1 aromatic rings. The van der Waals surface area contributed by atoms with E-state index < -0.39 is 16.8 Å². The molecule has 1 unspecified atom stereocenters. The lowest BCUT2D eigenvalue weighted by molar-refractivity contribution is 0.0698. The molecule has 1 rings (SSSR count). The van der Waals surface area contributed by atoms with Crippen molar-refractivity contribution in [1.82, 2.24) is 0 Å². The number of carboxylic acid groups (broad SMARTS) is 1. The first-order valence-electron chi connectivity index (χ1n) is 5.06. The van der Waals surface area contributed by atoms with Gasteiger partial charge in [-0.05, 0) is 12.1 Å². The van der Waals surface area contributed by atoms with E-state index in [0.29, 0.717) is 23.7 Å². The van der Waals surface area contributed by atoms with Gasteiger partial charge in [-0.2, -0.15) is 0 Å². The highest BCUT2D eigenvalue weighted by Gasteiger charge is 2.08. The van der Waals surface area contributed by atoms with E-state index >= 15 is 0 Å². The third kappa shape index (κ3) is 3.66. The van der Waals surface area contributed by atoms with Gasteiger partial charge in [0.1, 0.15) is 0 Å². The van der Waals surface area contributed by atoms with Crippen LogP contribution in [0.15, 0.2) is 24.3 Å². The van der Waals surface area contributed by atoms with Crippen molar-refractivity contribution in [3.8, 4) is 0 Å². The number of aromatic carboxylic acids is 1. The van der Waals surface area contributed by atoms with Gasteiger partial charge in [0.2, 0.25) is 0 Å². The van der Waals surface area contributed by atoms with Gasteiger partial charge in [-0.3, -0.25) is 4.21 Å². The van der Waals surface area contributed by atoms with E-state index in [9.17, 15) is 9.00 Å². The molecule has 0 saturated heterocycles. The fraction of sp³-hybridized carbons (Fsp3) is 0.364. The predicted octanol–water partition coefficient (Wildman–Crippen LogP) is 1.57. The van der Waals surface area contributed by atoms with Crippen LogP contribution in [0.1, 0.15) is 17.3 Å². The Morgan fingerprint density at radius 3 is 2.75 bits per heavy atom. The number of anilines is 1. The zero-order valence-corrected chi connectivity index (χ0v) is 9.92. The standard InChI is InChI=1S/C11H15NO3S/c1-2-16(15)8-7-12-10-6-4-3-5-9(10)11(13)14/h3-6,12H,2,7-8H2,1H3,(H,13,14). The molecule has 0 radical (unpaired) electrons. The van der Waals surface area contributed by atoms with Crippen molar-refractivity contribution < 1.29 is 14.1 Å². The minimum absolute atomic E-state index is 0.241. The Hall–Kier alpha value is -1.36. The Bertz CT molecular complexity index is 393. The lowest BCUT2D eigenvalue weighted by Crippen LogP contribution is -2.14. The van der Waals surface area contributed by atoms with Crippen LogP contribution in [0.5, 0.6) is 0 Å². The van der Waals surface area contributed by atoms with Crippen molar-refractivity contribution >= 4 is 22.5 Å². The SMILES string of the molecule is CCS(=O)CCNc1ccccc1C(=O)O. The topological polar surface area (TPSA) is 66.4 Å². The summed E-state index contributed by atoms with van der Waals surface area (Å²) in [5, 5.41) is 11.9. The second-order valence-corrected chi connectivity index (χ2v) is 5.08. The van der Waals surface area contributed by atoms with Crippen LogP contribution in [0, 0.1) is 0 Å². The molecule has 16 heavy (non-hydrogen) atoms. The molecule has 4 nitrogen and oxygen atoms in total. The summed E-state index contributed by atoms with van der Waals surface area (Å²) < 4.78 is 11.2. The largest absolute Gasteiger partial charge is 0.478 e. The highest BCUT2D eigenvalue weighted by molar-refractivity contribution is 7.84. The van der Waals surface area contributed by atoms with Crippen molar-refractivity contribution in [2.75, 3.05) is 23.4 Å². The fourth-order valence-electron chi connectivity index (χ4n) is 1.27. The monoisotopic (exact) mass is 241 g/mol. The van der Waals surface area contributed by atoms with Gasteiger partial charge in [-0.1, -0.05) is 19.1 Å². The van der Waals surface area contributed by atoms with Gasteiger partial charge in [0, 0.05) is 34.5 Å². The first kappa shape index (κ1) is 12.7. The number of hydrogen-bond donors (Lipinski definition) is 2. The van der Waals surface area contributed by atoms with E-state index in [4.69, 9.17) is 5.11 Å². The first-order chi connectivity index (χ1) is 7.65. The van der Waals surface area contributed by atoms with Crippen molar-refractivity contribution in [3.63, 3.8) is 0 Å². The molecule has 0 aliphatic heterocycles. The molecule has 0 spiro atoms. The molecule has 1 aromatic carbocycles. The number of para-hydroxylation sites is 1. The highest BCUT2D eigenvalue weighted by atomic mass is 32.2. The Kier molecular flexibility index (Phi) is 4.98. The predicted molar refractivity (Wildman–Crippen MR) is 65.4 cm³/mol. The normalized spacial score (nSPS) is 12.1. The third-order valence-electron chi connectivity index (χ3n) is 2.12. The number of benzene rings is 1. The van der Waals surface area contributed by atoms with Gasteiger partial charge >= 0.3 is 5.97 Å². The number of rotatable bonds is 6. The van der Waals surface area contributed by atoms with E-state index in [1.165, 1.54) is 0 Å². The van der Waals surface area contributed by atoms with Crippen LogP contribution in [0.2, 0.25) is 0 Å². The molecule has 1 atom stereocenters. The van der Waals surface area contributed by atoms with E-state index in [2.05, 4.69) is 5.32 Å².